The van der Waals surface area contributed by atoms with E-state index in [-0.39, 0.29) is 17.4 Å². The van der Waals surface area contributed by atoms with Gasteiger partial charge in [0.25, 0.3) is 0 Å². The molecule has 2 aromatic rings. The minimum Gasteiger partial charge on any atom is -0.482 e. The molecule has 2 aromatic carbocycles. The van der Waals surface area contributed by atoms with Crippen molar-refractivity contribution >= 4 is 21.9 Å². The minimum absolute atomic E-state index is 0.0785. The van der Waals surface area contributed by atoms with Crippen LogP contribution in [-0.4, -0.2) is 12.6 Å². The average molecular weight is 433 g/mol. The fourth-order valence-corrected chi connectivity index (χ4v) is 3.66. The first-order valence-electron chi connectivity index (χ1n) is 9.16. The number of rotatable bonds is 6. The summed E-state index contributed by atoms with van der Waals surface area (Å²) in [5.74, 6) is 0.756. The Morgan fingerprint density at radius 1 is 0.963 bits per heavy atom. The molecule has 0 amide bonds. The zero-order valence-electron chi connectivity index (χ0n) is 17.1. The first-order chi connectivity index (χ1) is 12.5. The van der Waals surface area contributed by atoms with Gasteiger partial charge in [0.1, 0.15) is 11.5 Å². The smallest absolute Gasteiger partial charge is 0.349 e. The van der Waals surface area contributed by atoms with E-state index in [0.29, 0.717) is 11.5 Å². The summed E-state index contributed by atoms with van der Waals surface area (Å²) in [6.07, 6.45) is 1.08. The molecule has 0 bridgehead atoms. The van der Waals surface area contributed by atoms with Crippen molar-refractivity contribution in [3.63, 3.8) is 0 Å². The second-order valence-electron chi connectivity index (χ2n) is 8.82. The molecule has 0 N–H and O–H groups in total. The van der Waals surface area contributed by atoms with Gasteiger partial charge in [-0.15, -0.1) is 0 Å². The van der Waals surface area contributed by atoms with Crippen molar-refractivity contribution in [3.8, 4) is 11.5 Å². The summed E-state index contributed by atoms with van der Waals surface area (Å²) < 4.78 is 11.9. The third-order valence-corrected chi connectivity index (χ3v) is 5.22. The molecule has 0 atom stereocenters. The van der Waals surface area contributed by atoms with Crippen LogP contribution in [0.2, 0.25) is 0 Å². The highest BCUT2D eigenvalue weighted by Gasteiger charge is 2.27. The van der Waals surface area contributed by atoms with E-state index in [2.05, 4.69) is 62.7 Å². The Labute approximate surface area is 171 Å². The SMILES string of the molecule is Cc1cc(OC(=O)COc2ccc(C(C)(C)CC(C)(C)C)cc2)ccc1Br. The van der Waals surface area contributed by atoms with Crippen LogP contribution in [0.1, 0.15) is 52.2 Å². The van der Waals surface area contributed by atoms with Gasteiger partial charge in [0.05, 0.1) is 0 Å². The predicted octanol–water partition coefficient (Wildman–Crippen LogP) is 6.46. The van der Waals surface area contributed by atoms with Crippen molar-refractivity contribution in [2.45, 2.75) is 53.4 Å². The zero-order chi connectivity index (χ0) is 20.2. The van der Waals surface area contributed by atoms with E-state index in [0.717, 1.165) is 16.5 Å². The lowest BCUT2D eigenvalue weighted by Gasteiger charge is -2.33. The minimum atomic E-state index is -0.422. The van der Waals surface area contributed by atoms with Crippen LogP contribution < -0.4 is 9.47 Å². The molecule has 0 saturated heterocycles. The summed E-state index contributed by atoms with van der Waals surface area (Å²) in [6, 6.07) is 13.4. The molecule has 0 saturated carbocycles. The summed E-state index contributed by atoms with van der Waals surface area (Å²) in [6.45, 7) is 13.1. The summed E-state index contributed by atoms with van der Waals surface area (Å²) >= 11 is 3.43. The van der Waals surface area contributed by atoms with Crippen molar-refractivity contribution in [3.05, 3.63) is 58.1 Å². The Morgan fingerprint density at radius 2 is 1.56 bits per heavy atom. The number of benzene rings is 2. The van der Waals surface area contributed by atoms with Gasteiger partial charge in [-0.2, -0.15) is 0 Å². The van der Waals surface area contributed by atoms with Crippen LogP contribution in [0.5, 0.6) is 11.5 Å². The topological polar surface area (TPSA) is 35.5 Å². The lowest BCUT2D eigenvalue weighted by Crippen LogP contribution is -2.24. The monoisotopic (exact) mass is 432 g/mol. The van der Waals surface area contributed by atoms with Gasteiger partial charge in [-0.25, -0.2) is 4.79 Å². The van der Waals surface area contributed by atoms with E-state index in [1.807, 2.05) is 31.2 Å². The Kier molecular flexibility index (Phi) is 6.74. The fourth-order valence-electron chi connectivity index (χ4n) is 3.41. The van der Waals surface area contributed by atoms with Crippen molar-refractivity contribution in [2.75, 3.05) is 6.61 Å². The van der Waals surface area contributed by atoms with Gasteiger partial charge in [-0.1, -0.05) is 62.7 Å². The van der Waals surface area contributed by atoms with Crippen molar-refractivity contribution < 1.29 is 14.3 Å². The number of carbonyl (C=O) groups is 1. The fraction of sp³-hybridized carbons (Fsp3) is 0.435. The molecule has 4 heteroatoms. The van der Waals surface area contributed by atoms with Crippen LogP contribution in [0.3, 0.4) is 0 Å². The van der Waals surface area contributed by atoms with E-state index in [9.17, 15) is 4.79 Å². The number of halogens is 1. The van der Waals surface area contributed by atoms with Crippen LogP contribution in [0, 0.1) is 12.3 Å². The van der Waals surface area contributed by atoms with Crippen molar-refractivity contribution in [2.24, 2.45) is 5.41 Å². The summed E-state index contributed by atoms with van der Waals surface area (Å²) in [5.41, 5.74) is 2.61. The lowest BCUT2D eigenvalue weighted by molar-refractivity contribution is -0.136. The average Bonchev–Trinajstić information content (AvgIpc) is 2.55. The van der Waals surface area contributed by atoms with E-state index < -0.39 is 5.97 Å². The van der Waals surface area contributed by atoms with Crippen LogP contribution in [-0.2, 0) is 10.2 Å². The van der Waals surface area contributed by atoms with Crippen LogP contribution >= 0.6 is 15.9 Å². The molecule has 0 heterocycles. The molecule has 0 fully saturated rings. The Bertz CT molecular complexity index is 786. The number of esters is 1. The molecule has 0 aliphatic carbocycles. The molecule has 2 rings (SSSR count). The highest BCUT2D eigenvalue weighted by Crippen LogP contribution is 2.36. The number of aryl methyl sites for hydroxylation is 1. The summed E-state index contributed by atoms with van der Waals surface area (Å²) in [7, 11) is 0. The van der Waals surface area contributed by atoms with E-state index in [1.165, 1.54) is 5.56 Å². The summed E-state index contributed by atoms with van der Waals surface area (Å²) in [4.78, 5) is 12.0. The first-order valence-corrected chi connectivity index (χ1v) is 9.96. The number of hydrogen-bond donors (Lipinski definition) is 0. The van der Waals surface area contributed by atoms with Gasteiger partial charge in [0, 0.05) is 4.47 Å². The molecule has 0 aliphatic heterocycles. The Balaban J connectivity index is 1.92. The number of hydrogen-bond acceptors (Lipinski definition) is 3. The molecule has 27 heavy (non-hydrogen) atoms. The standard InChI is InChI=1S/C23H29BrO3/c1-16-13-19(11-12-20(16)24)27-21(25)14-26-18-9-7-17(8-10-18)23(5,6)15-22(2,3)4/h7-13H,14-15H2,1-6H3. The van der Waals surface area contributed by atoms with Gasteiger partial charge in [-0.05, 0) is 65.6 Å². The molecule has 0 spiro atoms. The van der Waals surface area contributed by atoms with E-state index >= 15 is 0 Å². The van der Waals surface area contributed by atoms with E-state index in [1.54, 1.807) is 6.07 Å². The molecule has 0 aromatic heterocycles. The maximum absolute atomic E-state index is 12.0. The molecule has 146 valence electrons. The quantitative estimate of drug-likeness (QED) is 0.388. The third kappa shape index (κ3) is 6.69. The second-order valence-corrected chi connectivity index (χ2v) is 9.67. The van der Waals surface area contributed by atoms with Crippen molar-refractivity contribution in [1.29, 1.82) is 0 Å². The van der Waals surface area contributed by atoms with Crippen LogP contribution in [0.4, 0.5) is 0 Å². The van der Waals surface area contributed by atoms with Crippen LogP contribution in [0.15, 0.2) is 46.9 Å². The molecular weight excluding hydrogens is 404 g/mol. The maximum Gasteiger partial charge on any atom is 0.349 e. The van der Waals surface area contributed by atoms with E-state index in [4.69, 9.17) is 9.47 Å². The Morgan fingerprint density at radius 3 is 2.11 bits per heavy atom. The van der Waals surface area contributed by atoms with Gasteiger partial charge < -0.3 is 9.47 Å². The number of carbonyl (C=O) groups excluding carboxylic acids is 1. The van der Waals surface area contributed by atoms with Crippen LogP contribution in [0.25, 0.3) is 0 Å². The normalized spacial score (nSPS) is 12.0. The van der Waals surface area contributed by atoms with Gasteiger partial charge >= 0.3 is 5.97 Å². The summed E-state index contributed by atoms with van der Waals surface area (Å²) in [5, 5.41) is 0. The van der Waals surface area contributed by atoms with Gasteiger partial charge in [0.2, 0.25) is 0 Å². The largest absolute Gasteiger partial charge is 0.482 e. The highest BCUT2D eigenvalue weighted by molar-refractivity contribution is 9.10. The zero-order valence-corrected chi connectivity index (χ0v) is 18.6. The third-order valence-electron chi connectivity index (χ3n) is 4.33. The predicted molar refractivity (Wildman–Crippen MR) is 114 cm³/mol. The molecule has 3 nitrogen and oxygen atoms in total. The van der Waals surface area contributed by atoms with Gasteiger partial charge in [0.15, 0.2) is 6.61 Å². The lowest BCUT2D eigenvalue weighted by atomic mass is 9.72. The van der Waals surface area contributed by atoms with Crippen molar-refractivity contribution in [1.82, 2.24) is 0 Å². The Hall–Kier alpha value is -1.81. The molecule has 0 unspecified atom stereocenters. The number of ether oxygens (including phenoxy) is 2. The molecule has 0 radical (unpaired) electrons. The molecule has 0 aliphatic rings. The second kappa shape index (κ2) is 8.47. The highest BCUT2D eigenvalue weighted by atomic mass is 79.9. The maximum atomic E-state index is 12.0. The molecular formula is C23H29BrO3. The first kappa shape index (κ1) is 21.5. The van der Waals surface area contributed by atoms with Gasteiger partial charge in [-0.3, -0.25) is 0 Å².